The second-order valence-corrected chi connectivity index (χ2v) is 5.38. The van der Waals surface area contributed by atoms with Crippen molar-refractivity contribution in [2.24, 2.45) is 0 Å². The Hall–Kier alpha value is -2.14. The summed E-state index contributed by atoms with van der Waals surface area (Å²) in [5, 5.41) is 0.822. The third-order valence-electron chi connectivity index (χ3n) is 2.93. The summed E-state index contributed by atoms with van der Waals surface area (Å²) in [6.07, 6.45) is 2.18. The molecule has 0 aliphatic carbocycles. The minimum atomic E-state index is 0.0605. The van der Waals surface area contributed by atoms with Crippen LogP contribution in [0.3, 0.4) is 0 Å². The van der Waals surface area contributed by atoms with Crippen LogP contribution in [0, 0.1) is 0 Å². The highest BCUT2D eigenvalue weighted by Crippen LogP contribution is 2.26. The molecule has 0 aliphatic rings. The van der Waals surface area contributed by atoms with Crippen LogP contribution in [0.2, 0.25) is 0 Å². The van der Waals surface area contributed by atoms with Gasteiger partial charge in [0.1, 0.15) is 5.69 Å². The van der Waals surface area contributed by atoms with Crippen LogP contribution in [0.5, 0.6) is 0 Å². The average molecular weight is 283 g/mol. The van der Waals surface area contributed by atoms with E-state index < -0.39 is 0 Å². The number of pyridine rings is 1. The van der Waals surface area contributed by atoms with Crippen LogP contribution >= 0.6 is 11.8 Å². The third-order valence-corrected chi connectivity index (χ3v) is 3.79. The number of aromatic nitrogens is 3. The van der Waals surface area contributed by atoms with Gasteiger partial charge in [-0.05, 0) is 24.3 Å². The number of ketones is 1. The van der Waals surface area contributed by atoms with Crippen LogP contribution in [0.4, 0.5) is 0 Å². The lowest BCUT2D eigenvalue weighted by Gasteiger charge is -1.99. The Kier molecular flexibility index (Phi) is 3.52. The number of carbonyl (C=O) groups excluding carboxylic acids is 1. The molecule has 3 aromatic rings. The monoisotopic (exact) mass is 283 g/mol. The summed E-state index contributed by atoms with van der Waals surface area (Å²) >= 11 is 1.50. The number of Topliss-reactive ketones (excluding diaryl/α,β-unsaturated/α-hetero) is 1. The molecule has 0 aliphatic heterocycles. The van der Waals surface area contributed by atoms with E-state index in [2.05, 4.69) is 15.0 Å². The predicted molar refractivity (Wildman–Crippen MR) is 79.1 cm³/mol. The van der Waals surface area contributed by atoms with Crippen molar-refractivity contribution in [3.63, 3.8) is 0 Å². The van der Waals surface area contributed by atoms with Crippen molar-refractivity contribution in [3.05, 3.63) is 48.3 Å². The molecule has 0 saturated heterocycles. The highest BCUT2D eigenvalue weighted by Gasteiger charge is 2.07. The van der Waals surface area contributed by atoms with Crippen LogP contribution in [-0.2, 0) is 0 Å². The molecule has 0 atom stereocenters. The molecular weight excluding hydrogens is 270 g/mol. The summed E-state index contributed by atoms with van der Waals surface area (Å²) in [5.74, 6) is 0.0605. The fourth-order valence-corrected chi connectivity index (χ4v) is 2.65. The van der Waals surface area contributed by atoms with Crippen molar-refractivity contribution in [1.82, 2.24) is 15.0 Å². The number of nitrogens with one attached hydrogen (secondary N) is 1. The smallest absolute Gasteiger partial charge is 0.180 e. The lowest BCUT2D eigenvalue weighted by atomic mass is 10.2. The van der Waals surface area contributed by atoms with Gasteiger partial charge in [0.25, 0.3) is 0 Å². The first-order valence-electron chi connectivity index (χ1n) is 6.38. The highest BCUT2D eigenvalue weighted by molar-refractivity contribution is 7.99. The molecule has 1 aromatic carbocycles. The molecule has 0 bridgehead atoms. The van der Waals surface area contributed by atoms with Crippen LogP contribution < -0.4 is 0 Å². The summed E-state index contributed by atoms with van der Waals surface area (Å²) in [6, 6.07) is 11.6. The third kappa shape index (κ3) is 2.58. The molecule has 0 amide bonds. The summed E-state index contributed by atoms with van der Waals surface area (Å²) in [4.78, 5) is 24.4. The molecule has 2 heterocycles. The summed E-state index contributed by atoms with van der Waals surface area (Å²) in [6.45, 7) is 1.83. The van der Waals surface area contributed by atoms with E-state index in [0.717, 1.165) is 21.1 Å². The zero-order valence-electron chi connectivity index (χ0n) is 11.0. The number of hydrogen-bond donors (Lipinski definition) is 1. The van der Waals surface area contributed by atoms with Gasteiger partial charge in [-0.25, -0.2) is 4.98 Å². The second-order valence-electron chi connectivity index (χ2n) is 4.32. The van der Waals surface area contributed by atoms with E-state index in [4.69, 9.17) is 0 Å². The molecule has 0 spiro atoms. The minimum absolute atomic E-state index is 0.0605. The molecule has 3 rings (SSSR count). The van der Waals surface area contributed by atoms with E-state index in [1.807, 2.05) is 37.3 Å². The van der Waals surface area contributed by atoms with E-state index in [-0.39, 0.29) is 5.78 Å². The Morgan fingerprint density at radius 3 is 2.80 bits per heavy atom. The van der Waals surface area contributed by atoms with E-state index >= 15 is 0 Å². The number of rotatable bonds is 4. The van der Waals surface area contributed by atoms with Gasteiger partial charge < -0.3 is 4.98 Å². The van der Waals surface area contributed by atoms with Gasteiger partial charge in [0.15, 0.2) is 10.9 Å². The maximum Gasteiger partial charge on any atom is 0.180 e. The number of aromatic amines is 1. The number of carbonyl (C=O) groups is 1. The van der Waals surface area contributed by atoms with E-state index in [1.54, 1.807) is 12.3 Å². The van der Waals surface area contributed by atoms with Crippen molar-refractivity contribution in [1.29, 1.82) is 0 Å². The van der Waals surface area contributed by atoms with Gasteiger partial charge in [-0.15, -0.1) is 0 Å². The van der Waals surface area contributed by atoms with Gasteiger partial charge in [0.05, 0.1) is 11.0 Å². The van der Waals surface area contributed by atoms with E-state index in [9.17, 15) is 4.79 Å². The van der Waals surface area contributed by atoms with Gasteiger partial charge in [-0.1, -0.05) is 30.8 Å². The zero-order chi connectivity index (χ0) is 13.9. The number of imidazole rings is 1. The quantitative estimate of drug-likeness (QED) is 0.742. The molecule has 4 nitrogen and oxygen atoms in total. The van der Waals surface area contributed by atoms with Gasteiger partial charge in [0, 0.05) is 17.5 Å². The SMILES string of the molecule is CCC(=O)c1ccc(Sc2nc3ccccc3[nH]2)cn1. The summed E-state index contributed by atoms with van der Waals surface area (Å²) < 4.78 is 0. The van der Waals surface area contributed by atoms with Gasteiger partial charge in [0.2, 0.25) is 0 Å². The normalized spacial score (nSPS) is 10.8. The number of H-pyrrole nitrogens is 1. The van der Waals surface area contributed by atoms with Crippen molar-refractivity contribution < 1.29 is 4.79 Å². The first kappa shape index (κ1) is 12.9. The Balaban J connectivity index is 1.82. The lowest BCUT2D eigenvalue weighted by molar-refractivity contribution is 0.0983. The Bertz CT molecular complexity index is 716. The molecule has 2 aromatic heterocycles. The van der Waals surface area contributed by atoms with Gasteiger partial charge in [-0.3, -0.25) is 9.78 Å². The van der Waals surface area contributed by atoms with Gasteiger partial charge in [-0.2, -0.15) is 0 Å². The van der Waals surface area contributed by atoms with Crippen LogP contribution in [0.15, 0.2) is 52.6 Å². The maximum atomic E-state index is 11.5. The summed E-state index contributed by atoms with van der Waals surface area (Å²) in [5.41, 5.74) is 2.47. The first-order chi connectivity index (χ1) is 9.76. The number of hydrogen-bond acceptors (Lipinski definition) is 4. The first-order valence-corrected chi connectivity index (χ1v) is 7.20. The number of fused-ring (bicyclic) bond motifs is 1. The Morgan fingerprint density at radius 2 is 2.10 bits per heavy atom. The molecule has 0 saturated carbocycles. The van der Waals surface area contributed by atoms with Crippen LogP contribution in [0.1, 0.15) is 23.8 Å². The standard InChI is InChI=1S/C15H13N3OS/c1-2-14(19)13-8-7-10(9-16-13)20-15-17-11-5-3-4-6-12(11)18-15/h3-9H,2H2,1H3,(H,17,18). The molecule has 20 heavy (non-hydrogen) atoms. The number of benzene rings is 1. The maximum absolute atomic E-state index is 11.5. The van der Waals surface area contributed by atoms with Crippen molar-refractivity contribution in [2.45, 2.75) is 23.4 Å². The molecule has 0 unspecified atom stereocenters. The molecule has 0 fully saturated rings. The van der Waals surface area contributed by atoms with Crippen molar-refractivity contribution >= 4 is 28.6 Å². The van der Waals surface area contributed by atoms with Crippen LogP contribution in [0.25, 0.3) is 11.0 Å². The van der Waals surface area contributed by atoms with Crippen LogP contribution in [-0.4, -0.2) is 20.7 Å². The zero-order valence-corrected chi connectivity index (χ0v) is 11.8. The number of para-hydroxylation sites is 2. The molecule has 100 valence electrons. The Labute approximate surface area is 120 Å². The fourth-order valence-electron chi connectivity index (χ4n) is 1.88. The van der Waals surface area contributed by atoms with Crippen molar-refractivity contribution in [2.75, 3.05) is 0 Å². The number of nitrogens with zero attached hydrogens (tertiary/aromatic N) is 2. The molecule has 1 N–H and O–H groups in total. The average Bonchev–Trinajstić information content (AvgIpc) is 2.89. The van der Waals surface area contributed by atoms with Gasteiger partial charge >= 0.3 is 0 Å². The van der Waals surface area contributed by atoms with Crippen molar-refractivity contribution in [3.8, 4) is 0 Å². The highest BCUT2D eigenvalue weighted by atomic mass is 32.2. The molecular formula is C15H13N3OS. The fraction of sp³-hybridized carbons (Fsp3) is 0.133. The van der Waals surface area contributed by atoms with E-state index in [1.165, 1.54) is 11.8 Å². The minimum Gasteiger partial charge on any atom is -0.333 e. The van der Waals surface area contributed by atoms with E-state index in [0.29, 0.717) is 12.1 Å². The largest absolute Gasteiger partial charge is 0.333 e. The Morgan fingerprint density at radius 1 is 1.25 bits per heavy atom. The molecule has 0 radical (unpaired) electrons. The second kappa shape index (κ2) is 5.46. The predicted octanol–water partition coefficient (Wildman–Crippen LogP) is 3.70. The topological polar surface area (TPSA) is 58.6 Å². The molecule has 5 heteroatoms. The summed E-state index contributed by atoms with van der Waals surface area (Å²) in [7, 11) is 0. The lowest BCUT2D eigenvalue weighted by Crippen LogP contribution is -1.99.